The first-order valence-corrected chi connectivity index (χ1v) is 7.55. The smallest absolute Gasteiger partial charge is 0.183 e. The summed E-state index contributed by atoms with van der Waals surface area (Å²) in [6.45, 7) is 0.762. The van der Waals surface area contributed by atoms with Crippen LogP contribution in [0.15, 0.2) is 28.7 Å². The summed E-state index contributed by atoms with van der Waals surface area (Å²) in [7, 11) is -3.58. The fourth-order valence-electron chi connectivity index (χ4n) is 1.36. The number of carbonyl (C=O) groups excluding carboxylic acids is 1. The predicted octanol–water partition coefficient (Wildman–Crippen LogP) is 1.43. The van der Waals surface area contributed by atoms with Gasteiger partial charge in [-0.05, 0) is 12.1 Å². The SMILES string of the molecule is CCS(=O)(=O)C(CO)C(=O)c1ccc(Br)cc1. The number of aliphatic hydroxyl groups is 1. The first kappa shape index (κ1) is 14.3. The first-order chi connectivity index (χ1) is 7.92. The molecule has 17 heavy (non-hydrogen) atoms. The van der Waals surface area contributed by atoms with E-state index in [1.807, 2.05) is 0 Å². The van der Waals surface area contributed by atoms with Crippen molar-refractivity contribution in [2.24, 2.45) is 0 Å². The zero-order valence-corrected chi connectivity index (χ0v) is 11.7. The van der Waals surface area contributed by atoms with Gasteiger partial charge < -0.3 is 5.11 Å². The molecule has 4 nitrogen and oxygen atoms in total. The van der Waals surface area contributed by atoms with Crippen LogP contribution in [0, 0.1) is 0 Å². The monoisotopic (exact) mass is 320 g/mol. The molecule has 0 aliphatic heterocycles. The fraction of sp³-hybridized carbons (Fsp3) is 0.364. The molecule has 0 aliphatic rings. The van der Waals surface area contributed by atoms with Gasteiger partial charge in [0.25, 0.3) is 0 Å². The summed E-state index contributed by atoms with van der Waals surface area (Å²) in [4.78, 5) is 11.9. The average molecular weight is 321 g/mol. The fourth-order valence-corrected chi connectivity index (χ4v) is 2.72. The van der Waals surface area contributed by atoms with Crippen LogP contribution >= 0.6 is 15.9 Å². The van der Waals surface area contributed by atoms with Crippen LogP contribution in [-0.2, 0) is 9.84 Å². The lowest BCUT2D eigenvalue weighted by Gasteiger charge is -2.12. The molecule has 0 fully saturated rings. The molecule has 1 atom stereocenters. The van der Waals surface area contributed by atoms with E-state index in [1.165, 1.54) is 19.1 Å². The second-order valence-electron chi connectivity index (χ2n) is 3.49. The largest absolute Gasteiger partial charge is 0.395 e. The number of ketones is 1. The van der Waals surface area contributed by atoms with Gasteiger partial charge in [0.2, 0.25) is 0 Å². The molecule has 1 aromatic rings. The lowest BCUT2D eigenvalue weighted by atomic mass is 10.1. The molecule has 0 heterocycles. The van der Waals surface area contributed by atoms with Crippen molar-refractivity contribution in [3.8, 4) is 0 Å². The average Bonchev–Trinajstić information content (AvgIpc) is 2.30. The van der Waals surface area contributed by atoms with Crippen molar-refractivity contribution in [2.45, 2.75) is 12.2 Å². The molecule has 0 spiro atoms. The summed E-state index contributed by atoms with van der Waals surface area (Å²) in [5.74, 6) is -0.734. The number of hydrogen-bond acceptors (Lipinski definition) is 4. The molecule has 1 rings (SSSR count). The Bertz CT molecular complexity index is 493. The lowest BCUT2D eigenvalue weighted by Crippen LogP contribution is -2.35. The second kappa shape index (κ2) is 5.75. The molecule has 1 aromatic carbocycles. The maximum atomic E-state index is 11.9. The minimum Gasteiger partial charge on any atom is -0.395 e. The highest BCUT2D eigenvalue weighted by molar-refractivity contribution is 9.10. The van der Waals surface area contributed by atoms with Gasteiger partial charge in [-0.15, -0.1) is 0 Å². The summed E-state index contributed by atoms with van der Waals surface area (Å²) < 4.78 is 24.0. The Morgan fingerprint density at radius 1 is 1.35 bits per heavy atom. The highest BCUT2D eigenvalue weighted by atomic mass is 79.9. The van der Waals surface area contributed by atoms with Gasteiger partial charge >= 0.3 is 0 Å². The second-order valence-corrected chi connectivity index (χ2v) is 6.88. The molecule has 0 aliphatic carbocycles. The van der Waals surface area contributed by atoms with Gasteiger partial charge in [-0.2, -0.15) is 0 Å². The minimum atomic E-state index is -3.58. The highest BCUT2D eigenvalue weighted by Crippen LogP contribution is 2.15. The summed E-state index contributed by atoms with van der Waals surface area (Å²) in [6.07, 6.45) is 0. The van der Waals surface area contributed by atoms with Gasteiger partial charge in [0.1, 0.15) is 5.25 Å². The highest BCUT2D eigenvalue weighted by Gasteiger charge is 2.30. The van der Waals surface area contributed by atoms with E-state index < -0.39 is 27.5 Å². The summed E-state index contributed by atoms with van der Waals surface area (Å²) in [6, 6.07) is 6.36. The molecule has 0 radical (unpaired) electrons. The Morgan fingerprint density at radius 2 is 1.88 bits per heavy atom. The molecule has 0 saturated carbocycles. The van der Waals surface area contributed by atoms with Crippen molar-refractivity contribution in [3.05, 3.63) is 34.3 Å². The first-order valence-electron chi connectivity index (χ1n) is 5.04. The van der Waals surface area contributed by atoms with Crippen LogP contribution < -0.4 is 0 Å². The minimum absolute atomic E-state index is 0.166. The van der Waals surface area contributed by atoms with Crippen LogP contribution in [-0.4, -0.2) is 36.9 Å². The van der Waals surface area contributed by atoms with E-state index in [1.54, 1.807) is 12.1 Å². The molecule has 6 heteroatoms. The number of halogens is 1. The van der Waals surface area contributed by atoms with E-state index in [-0.39, 0.29) is 11.3 Å². The van der Waals surface area contributed by atoms with Gasteiger partial charge in [0.15, 0.2) is 15.6 Å². The number of carbonyl (C=O) groups is 1. The van der Waals surface area contributed by atoms with Gasteiger partial charge in [0.05, 0.1) is 6.61 Å². The van der Waals surface area contributed by atoms with E-state index in [9.17, 15) is 13.2 Å². The molecule has 0 amide bonds. The molecule has 0 aromatic heterocycles. The number of rotatable bonds is 5. The Balaban J connectivity index is 3.07. The van der Waals surface area contributed by atoms with Gasteiger partial charge in [-0.1, -0.05) is 35.0 Å². The quantitative estimate of drug-likeness (QED) is 0.833. The zero-order chi connectivity index (χ0) is 13.1. The van der Waals surface area contributed by atoms with Crippen LogP contribution in [0.2, 0.25) is 0 Å². The Kier molecular flexibility index (Phi) is 4.85. The van der Waals surface area contributed by atoms with Crippen molar-refractivity contribution in [1.29, 1.82) is 0 Å². The lowest BCUT2D eigenvalue weighted by molar-refractivity contribution is 0.0961. The van der Waals surface area contributed by atoms with Gasteiger partial charge in [-0.3, -0.25) is 4.79 Å². The predicted molar refractivity (Wildman–Crippen MR) is 68.8 cm³/mol. The standard InChI is InChI=1S/C11H13BrO4S/c1-2-17(15,16)10(7-13)11(14)8-3-5-9(12)6-4-8/h3-6,10,13H,2,7H2,1H3. The van der Waals surface area contributed by atoms with Crippen molar-refractivity contribution in [1.82, 2.24) is 0 Å². The number of sulfone groups is 1. The maximum absolute atomic E-state index is 11.9. The molecule has 0 saturated heterocycles. The van der Waals surface area contributed by atoms with Crippen LogP contribution in [0.5, 0.6) is 0 Å². The number of hydrogen-bond donors (Lipinski definition) is 1. The van der Waals surface area contributed by atoms with Gasteiger partial charge in [0, 0.05) is 15.8 Å². The number of aliphatic hydroxyl groups excluding tert-OH is 1. The Hall–Kier alpha value is -0.720. The number of Topliss-reactive ketones (excluding diaryl/α,β-unsaturated/α-hetero) is 1. The summed E-state index contributed by atoms with van der Waals surface area (Å²) in [5, 5.41) is 7.70. The zero-order valence-electron chi connectivity index (χ0n) is 9.26. The van der Waals surface area contributed by atoms with Crippen molar-refractivity contribution < 1.29 is 18.3 Å². The normalized spacial score (nSPS) is 13.4. The van der Waals surface area contributed by atoms with E-state index >= 15 is 0 Å². The Morgan fingerprint density at radius 3 is 2.29 bits per heavy atom. The van der Waals surface area contributed by atoms with Gasteiger partial charge in [-0.25, -0.2) is 8.42 Å². The topological polar surface area (TPSA) is 71.4 Å². The van der Waals surface area contributed by atoms with E-state index in [0.29, 0.717) is 0 Å². The third-order valence-electron chi connectivity index (χ3n) is 2.42. The molecule has 1 unspecified atom stereocenters. The molecule has 1 N–H and O–H groups in total. The van der Waals surface area contributed by atoms with Crippen molar-refractivity contribution >= 4 is 31.6 Å². The molecular formula is C11H13BrO4S. The van der Waals surface area contributed by atoms with Crippen LogP contribution in [0.1, 0.15) is 17.3 Å². The van der Waals surface area contributed by atoms with Crippen LogP contribution in [0.4, 0.5) is 0 Å². The Labute approximate surface area is 109 Å². The summed E-state index contributed by atoms with van der Waals surface area (Å²) >= 11 is 3.22. The molecule has 0 bridgehead atoms. The van der Waals surface area contributed by atoms with E-state index in [4.69, 9.17) is 5.11 Å². The van der Waals surface area contributed by atoms with E-state index in [2.05, 4.69) is 15.9 Å². The van der Waals surface area contributed by atoms with E-state index in [0.717, 1.165) is 4.47 Å². The third kappa shape index (κ3) is 3.37. The maximum Gasteiger partial charge on any atom is 0.183 e. The van der Waals surface area contributed by atoms with Crippen molar-refractivity contribution in [3.63, 3.8) is 0 Å². The van der Waals surface area contributed by atoms with Crippen LogP contribution in [0.3, 0.4) is 0 Å². The molecule has 94 valence electrons. The molecular weight excluding hydrogens is 308 g/mol. The summed E-state index contributed by atoms with van der Waals surface area (Å²) in [5.41, 5.74) is 0.282. The number of benzene rings is 1. The van der Waals surface area contributed by atoms with Crippen molar-refractivity contribution in [2.75, 3.05) is 12.4 Å². The third-order valence-corrected chi connectivity index (χ3v) is 4.99. The van der Waals surface area contributed by atoms with Crippen LogP contribution in [0.25, 0.3) is 0 Å².